The van der Waals surface area contributed by atoms with Crippen LogP contribution in [0.2, 0.25) is 0 Å². The van der Waals surface area contributed by atoms with Gasteiger partial charge in [0.05, 0.1) is 11.4 Å². The number of carbonyl (C=O) groups is 1. The predicted molar refractivity (Wildman–Crippen MR) is 118 cm³/mol. The normalized spacial score (nSPS) is 10.9. The lowest BCUT2D eigenvalue weighted by Crippen LogP contribution is -2.30. The Hall–Kier alpha value is -4.08. The summed E-state index contributed by atoms with van der Waals surface area (Å²) in [5.74, 6) is 0.735. The van der Waals surface area contributed by atoms with E-state index in [9.17, 15) is 9.18 Å². The van der Waals surface area contributed by atoms with Gasteiger partial charge in [0, 0.05) is 37.5 Å². The van der Waals surface area contributed by atoms with E-state index in [-0.39, 0.29) is 11.7 Å². The van der Waals surface area contributed by atoms with Gasteiger partial charge in [0.15, 0.2) is 5.82 Å². The van der Waals surface area contributed by atoms with Crippen molar-refractivity contribution in [2.45, 2.75) is 13.8 Å². The topological polar surface area (TPSA) is 103 Å². The Bertz CT molecular complexity index is 1250. The van der Waals surface area contributed by atoms with Crippen LogP contribution >= 0.6 is 0 Å². The molecule has 4 rings (SSSR count). The summed E-state index contributed by atoms with van der Waals surface area (Å²) in [5, 5.41) is 14.8. The third kappa shape index (κ3) is 4.64. The fourth-order valence-electron chi connectivity index (χ4n) is 3.32. The van der Waals surface area contributed by atoms with Crippen molar-refractivity contribution in [3.63, 3.8) is 0 Å². The van der Waals surface area contributed by atoms with Crippen LogP contribution in [0.25, 0.3) is 17.1 Å². The molecule has 10 heteroatoms. The van der Waals surface area contributed by atoms with E-state index >= 15 is 0 Å². The molecule has 3 aromatic heterocycles. The number of nitrogens with one attached hydrogen (secondary N) is 2. The van der Waals surface area contributed by atoms with Gasteiger partial charge in [-0.3, -0.25) is 9.48 Å². The molecule has 164 valence electrons. The first-order chi connectivity index (χ1) is 15.4. The van der Waals surface area contributed by atoms with Crippen molar-refractivity contribution in [3.8, 4) is 17.1 Å². The zero-order valence-corrected chi connectivity index (χ0v) is 18.0. The monoisotopic (exact) mass is 434 g/mol. The molecule has 32 heavy (non-hydrogen) atoms. The van der Waals surface area contributed by atoms with E-state index in [4.69, 9.17) is 0 Å². The average molecular weight is 434 g/mol. The lowest BCUT2D eigenvalue weighted by molar-refractivity contribution is 0.0946. The molecular formula is C22H23FN8O. The summed E-state index contributed by atoms with van der Waals surface area (Å²) in [5.41, 5.74) is 3.66. The van der Waals surface area contributed by atoms with Crippen molar-refractivity contribution in [2.24, 2.45) is 7.05 Å². The molecule has 0 saturated heterocycles. The minimum absolute atomic E-state index is 0.249. The van der Waals surface area contributed by atoms with Crippen molar-refractivity contribution in [3.05, 3.63) is 71.7 Å². The van der Waals surface area contributed by atoms with Crippen LogP contribution < -0.4 is 10.6 Å². The largest absolute Gasteiger partial charge is 0.368 e. The molecule has 9 nitrogen and oxygen atoms in total. The fraction of sp³-hybridized carbons (Fsp3) is 0.227. The molecule has 0 bridgehead atoms. The van der Waals surface area contributed by atoms with Gasteiger partial charge in [0.2, 0.25) is 0 Å². The first-order valence-corrected chi connectivity index (χ1v) is 10.1. The van der Waals surface area contributed by atoms with Gasteiger partial charge < -0.3 is 10.6 Å². The second kappa shape index (κ2) is 8.96. The maximum Gasteiger partial charge on any atom is 0.269 e. The summed E-state index contributed by atoms with van der Waals surface area (Å²) < 4.78 is 16.4. The molecule has 2 N–H and O–H groups in total. The fourth-order valence-corrected chi connectivity index (χ4v) is 3.32. The number of benzene rings is 1. The average Bonchev–Trinajstić information content (AvgIpc) is 3.33. The molecule has 0 radical (unpaired) electrons. The Kier molecular flexibility index (Phi) is 5.93. The quantitative estimate of drug-likeness (QED) is 0.434. The predicted octanol–water partition coefficient (Wildman–Crippen LogP) is 2.66. The highest BCUT2D eigenvalue weighted by Gasteiger charge is 2.14. The van der Waals surface area contributed by atoms with Crippen LogP contribution in [0.15, 0.2) is 48.8 Å². The van der Waals surface area contributed by atoms with Crippen molar-refractivity contribution in [1.29, 1.82) is 0 Å². The molecule has 0 spiro atoms. The first-order valence-electron chi connectivity index (χ1n) is 10.1. The third-order valence-corrected chi connectivity index (χ3v) is 4.85. The number of amides is 1. The van der Waals surface area contributed by atoms with Crippen molar-refractivity contribution >= 4 is 11.7 Å². The van der Waals surface area contributed by atoms with E-state index in [0.717, 1.165) is 17.0 Å². The zero-order valence-electron chi connectivity index (χ0n) is 18.0. The van der Waals surface area contributed by atoms with Gasteiger partial charge in [-0.15, -0.1) is 0 Å². The third-order valence-electron chi connectivity index (χ3n) is 4.85. The molecule has 1 amide bonds. The van der Waals surface area contributed by atoms with Crippen LogP contribution in [0.5, 0.6) is 0 Å². The zero-order chi connectivity index (χ0) is 22.7. The van der Waals surface area contributed by atoms with E-state index in [0.29, 0.717) is 36.1 Å². The Labute approximate surface area is 184 Å². The molecule has 0 unspecified atom stereocenters. The van der Waals surface area contributed by atoms with Crippen LogP contribution in [0, 0.1) is 19.7 Å². The number of anilines is 1. The Morgan fingerprint density at radius 2 is 1.81 bits per heavy atom. The number of rotatable bonds is 7. The van der Waals surface area contributed by atoms with E-state index in [1.807, 2.05) is 19.9 Å². The van der Waals surface area contributed by atoms with Gasteiger partial charge >= 0.3 is 0 Å². The second-order valence-corrected chi connectivity index (χ2v) is 7.33. The van der Waals surface area contributed by atoms with Gasteiger partial charge in [-0.2, -0.15) is 10.2 Å². The Morgan fingerprint density at radius 3 is 2.53 bits per heavy atom. The number of halogens is 1. The second-order valence-electron chi connectivity index (χ2n) is 7.33. The van der Waals surface area contributed by atoms with Crippen LogP contribution in [-0.4, -0.2) is 48.5 Å². The van der Waals surface area contributed by atoms with Crippen LogP contribution in [0.1, 0.15) is 21.9 Å². The summed E-state index contributed by atoms with van der Waals surface area (Å²) in [6.07, 6.45) is 1.47. The van der Waals surface area contributed by atoms with Crippen molar-refractivity contribution in [1.82, 2.24) is 34.8 Å². The van der Waals surface area contributed by atoms with Crippen LogP contribution in [0.4, 0.5) is 10.2 Å². The molecule has 0 fully saturated rings. The van der Waals surface area contributed by atoms with Gasteiger partial charge in [-0.05, 0) is 50.2 Å². The number of hydrogen-bond acceptors (Lipinski definition) is 6. The molecule has 0 aliphatic carbocycles. The minimum atomic E-state index is -0.319. The molecule has 0 atom stereocenters. The van der Waals surface area contributed by atoms with Crippen molar-refractivity contribution < 1.29 is 9.18 Å². The molecular weight excluding hydrogens is 411 g/mol. The number of aryl methyl sites for hydroxylation is 3. The summed E-state index contributed by atoms with van der Waals surface area (Å²) >= 11 is 0. The SMILES string of the molecule is Cc1cc(C)n(-c2cc(NCCNC(=O)c3cc(-c4ccc(F)cc4)nn3C)ncn2)n1. The summed E-state index contributed by atoms with van der Waals surface area (Å²) in [6.45, 7) is 4.75. The lowest BCUT2D eigenvalue weighted by atomic mass is 10.1. The standard InChI is InChI=1S/C22H23FN8O/c1-14-10-15(2)31(28-14)21-12-20(26-13-27-21)24-8-9-25-22(32)19-11-18(29-30(19)3)16-4-6-17(23)7-5-16/h4-7,10-13H,8-9H2,1-3H3,(H,25,32)(H,24,26,27). The highest BCUT2D eigenvalue weighted by atomic mass is 19.1. The van der Waals surface area contributed by atoms with Crippen LogP contribution in [-0.2, 0) is 7.05 Å². The first kappa shape index (κ1) is 21.2. The minimum Gasteiger partial charge on any atom is -0.368 e. The van der Waals surface area contributed by atoms with Gasteiger partial charge in [-0.1, -0.05) is 0 Å². The van der Waals surface area contributed by atoms with Gasteiger partial charge in [-0.25, -0.2) is 19.0 Å². The van der Waals surface area contributed by atoms with Gasteiger partial charge in [0.25, 0.3) is 5.91 Å². The Morgan fingerprint density at radius 1 is 1.03 bits per heavy atom. The maximum atomic E-state index is 13.1. The Balaban J connectivity index is 1.33. The smallest absolute Gasteiger partial charge is 0.269 e. The highest BCUT2D eigenvalue weighted by Crippen LogP contribution is 2.19. The van der Waals surface area contributed by atoms with E-state index in [1.165, 1.54) is 23.1 Å². The van der Waals surface area contributed by atoms with E-state index < -0.39 is 0 Å². The molecule has 0 aliphatic heterocycles. The summed E-state index contributed by atoms with van der Waals surface area (Å²) in [7, 11) is 1.70. The number of carbonyl (C=O) groups excluding carboxylic acids is 1. The lowest BCUT2D eigenvalue weighted by Gasteiger charge is -2.09. The summed E-state index contributed by atoms with van der Waals surface area (Å²) in [4.78, 5) is 21.0. The number of aromatic nitrogens is 6. The van der Waals surface area contributed by atoms with Crippen LogP contribution in [0.3, 0.4) is 0 Å². The van der Waals surface area contributed by atoms with Gasteiger partial charge in [0.1, 0.15) is 23.7 Å². The maximum absolute atomic E-state index is 13.1. The van der Waals surface area contributed by atoms with Crippen molar-refractivity contribution in [2.75, 3.05) is 18.4 Å². The van der Waals surface area contributed by atoms with E-state index in [1.54, 1.807) is 36.0 Å². The summed E-state index contributed by atoms with van der Waals surface area (Å²) in [6, 6.07) is 11.4. The highest BCUT2D eigenvalue weighted by molar-refractivity contribution is 5.93. The molecule has 0 saturated carbocycles. The molecule has 0 aliphatic rings. The molecule has 1 aromatic carbocycles. The van der Waals surface area contributed by atoms with E-state index in [2.05, 4.69) is 30.8 Å². The number of hydrogen-bond donors (Lipinski definition) is 2. The number of nitrogens with zero attached hydrogens (tertiary/aromatic N) is 6. The molecule has 3 heterocycles. The molecule has 4 aromatic rings.